The maximum absolute atomic E-state index is 8.58. The van der Waals surface area contributed by atoms with E-state index in [1.807, 2.05) is 0 Å². The first-order chi connectivity index (χ1) is 4.79. The van der Waals surface area contributed by atoms with Gasteiger partial charge in [0.15, 0.2) is 0 Å². The van der Waals surface area contributed by atoms with Crippen molar-refractivity contribution in [3.05, 3.63) is 0 Å². The van der Waals surface area contributed by atoms with Crippen molar-refractivity contribution < 1.29 is 14.8 Å². The normalized spacial score (nSPS) is 26.4. The summed E-state index contributed by atoms with van der Waals surface area (Å²) in [5.41, 5.74) is 0. The molecule has 0 aromatic carbocycles. The van der Waals surface area contributed by atoms with Crippen LogP contribution in [0.25, 0.3) is 0 Å². The van der Waals surface area contributed by atoms with E-state index < -0.39 is 7.12 Å². The first-order valence-corrected chi connectivity index (χ1v) is 3.77. The van der Waals surface area contributed by atoms with Gasteiger partial charge >= 0.3 is 7.12 Å². The molecule has 58 valence electrons. The molecular weight excluding hydrogens is 131 g/mol. The quantitative estimate of drug-likeness (QED) is 0.537. The average molecular weight is 144 g/mol. The summed E-state index contributed by atoms with van der Waals surface area (Å²) in [6.45, 7) is 0.775. The van der Waals surface area contributed by atoms with Gasteiger partial charge in [-0.2, -0.15) is 0 Å². The van der Waals surface area contributed by atoms with Gasteiger partial charge < -0.3 is 14.8 Å². The van der Waals surface area contributed by atoms with Crippen LogP contribution >= 0.6 is 0 Å². The van der Waals surface area contributed by atoms with Crippen LogP contribution in [0.1, 0.15) is 19.3 Å². The van der Waals surface area contributed by atoms with Gasteiger partial charge in [-0.25, -0.2) is 0 Å². The van der Waals surface area contributed by atoms with Gasteiger partial charge in [-0.1, -0.05) is 0 Å². The smallest absolute Gasteiger partial charge is 0.427 e. The Bertz CT molecular complexity index is 91.0. The van der Waals surface area contributed by atoms with Crippen molar-refractivity contribution in [1.29, 1.82) is 0 Å². The highest BCUT2D eigenvalue weighted by molar-refractivity contribution is 6.41. The Kier molecular flexibility index (Phi) is 3.18. The van der Waals surface area contributed by atoms with E-state index in [0.717, 1.165) is 25.9 Å². The van der Waals surface area contributed by atoms with Crippen molar-refractivity contribution in [3.8, 4) is 0 Å². The van der Waals surface area contributed by atoms with Crippen LogP contribution in [0.2, 0.25) is 6.32 Å². The summed E-state index contributed by atoms with van der Waals surface area (Å²) in [5.74, 6) is 0. The average Bonchev–Trinajstić information content (AvgIpc) is 1.88. The first-order valence-electron chi connectivity index (χ1n) is 3.77. The summed E-state index contributed by atoms with van der Waals surface area (Å²) < 4.78 is 5.27. The fourth-order valence-corrected chi connectivity index (χ4v) is 1.23. The van der Waals surface area contributed by atoms with Crippen molar-refractivity contribution in [2.24, 2.45) is 0 Å². The molecule has 0 aliphatic carbocycles. The third-order valence-corrected chi connectivity index (χ3v) is 1.75. The third-order valence-electron chi connectivity index (χ3n) is 1.75. The lowest BCUT2D eigenvalue weighted by atomic mass is 9.81. The molecule has 10 heavy (non-hydrogen) atoms. The molecule has 1 saturated heterocycles. The molecule has 1 fully saturated rings. The number of hydrogen-bond donors (Lipinski definition) is 2. The molecular formula is C6H13BO3. The van der Waals surface area contributed by atoms with E-state index in [1.54, 1.807) is 0 Å². The Hall–Kier alpha value is -0.0551. The second-order valence-corrected chi connectivity index (χ2v) is 2.70. The molecule has 0 saturated carbocycles. The summed E-state index contributed by atoms with van der Waals surface area (Å²) in [6, 6.07) is 0. The fourth-order valence-electron chi connectivity index (χ4n) is 1.23. The highest BCUT2D eigenvalue weighted by atomic mass is 16.5. The van der Waals surface area contributed by atoms with E-state index in [4.69, 9.17) is 14.8 Å². The van der Waals surface area contributed by atoms with E-state index in [2.05, 4.69) is 0 Å². The summed E-state index contributed by atoms with van der Waals surface area (Å²) in [7, 11) is -1.21. The first kappa shape index (κ1) is 8.05. The summed E-state index contributed by atoms with van der Waals surface area (Å²) >= 11 is 0. The molecule has 0 amide bonds. The molecule has 0 spiro atoms. The van der Waals surface area contributed by atoms with Crippen molar-refractivity contribution in [2.75, 3.05) is 6.61 Å². The van der Waals surface area contributed by atoms with Crippen molar-refractivity contribution in [3.63, 3.8) is 0 Å². The topological polar surface area (TPSA) is 49.7 Å². The minimum Gasteiger partial charge on any atom is -0.427 e. The zero-order valence-corrected chi connectivity index (χ0v) is 5.99. The van der Waals surface area contributed by atoms with Crippen LogP contribution in [0.4, 0.5) is 0 Å². The molecule has 1 unspecified atom stereocenters. The Labute approximate surface area is 61.2 Å². The Morgan fingerprint density at radius 3 is 2.70 bits per heavy atom. The highest BCUT2D eigenvalue weighted by Gasteiger charge is 2.19. The maximum Gasteiger partial charge on any atom is 0.454 e. The summed E-state index contributed by atoms with van der Waals surface area (Å²) in [6.07, 6.45) is 3.67. The summed E-state index contributed by atoms with van der Waals surface area (Å²) in [5, 5.41) is 17.2. The molecule has 4 heteroatoms. The number of rotatable bonds is 2. The van der Waals surface area contributed by atoms with Gasteiger partial charge in [0.05, 0.1) is 6.10 Å². The van der Waals surface area contributed by atoms with Gasteiger partial charge in [-0.15, -0.1) is 0 Å². The molecule has 0 aromatic heterocycles. The molecule has 1 atom stereocenters. The number of hydrogen-bond acceptors (Lipinski definition) is 3. The zero-order chi connectivity index (χ0) is 7.40. The predicted molar refractivity (Wildman–Crippen MR) is 38.6 cm³/mol. The fraction of sp³-hybridized carbons (Fsp3) is 1.00. The molecule has 1 aliphatic heterocycles. The van der Waals surface area contributed by atoms with Crippen LogP contribution in [-0.4, -0.2) is 29.9 Å². The molecule has 2 N–H and O–H groups in total. The third kappa shape index (κ3) is 2.69. The van der Waals surface area contributed by atoms with Crippen LogP contribution in [-0.2, 0) is 4.74 Å². The van der Waals surface area contributed by atoms with Crippen LogP contribution in [0, 0.1) is 0 Å². The van der Waals surface area contributed by atoms with Crippen molar-refractivity contribution in [1.82, 2.24) is 0 Å². The van der Waals surface area contributed by atoms with Crippen LogP contribution in [0.15, 0.2) is 0 Å². The van der Waals surface area contributed by atoms with Crippen LogP contribution in [0.3, 0.4) is 0 Å². The number of ether oxygens (including phenoxy) is 1. The second-order valence-electron chi connectivity index (χ2n) is 2.70. The molecule has 0 bridgehead atoms. The SMILES string of the molecule is OB(O)CC1CCCCO1. The van der Waals surface area contributed by atoms with Crippen LogP contribution < -0.4 is 0 Å². The lowest BCUT2D eigenvalue weighted by Crippen LogP contribution is -2.26. The van der Waals surface area contributed by atoms with E-state index in [-0.39, 0.29) is 6.10 Å². The lowest BCUT2D eigenvalue weighted by Gasteiger charge is -2.21. The zero-order valence-electron chi connectivity index (χ0n) is 5.99. The second kappa shape index (κ2) is 3.96. The minimum absolute atomic E-state index is 0.0775. The molecule has 0 aromatic rings. The van der Waals surface area contributed by atoms with Crippen LogP contribution in [0.5, 0.6) is 0 Å². The molecule has 1 aliphatic rings. The Balaban J connectivity index is 2.13. The van der Waals surface area contributed by atoms with Gasteiger partial charge in [-0.3, -0.25) is 0 Å². The van der Waals surface area contributed by atoms with Crippen molar-refractivity contribution >= 4 is 7.12 Å². The van der Waals surface area contributed by atoms with Gasteiger partial charge in [0, 0.05) is 12.9 Å². The predicted octanol–water partition coefficient (Wildman–Crippen LogP) is 0.0283. The standard InChI is InChI=1S/C6H13BO3/c8-7(9)5-6-3-1-2-4-10-6/h6,8-9H,1-5H2. The van der Waals surface area contributed by atoms with E-state index in [1.165, 1.54) is 0 Å². The van der Waals surface area contributed by atoms with Gasteiger partial charge in [0.1, 0.15) is 0 Å². The molecule has 0 radical (unpaired) electrons. The lowest BCUT2D eigenvalue weighted by molar-refractivity contribution is 0.0249. The molecule has 1 heterocycles. The minimum atomic E-state index is -1.21. The maximum atomic E-state index is 8.58. The Morgan fingerprint density at radius 1 is 1.40 bits per heavy atom. The largest absolute Gasteiger partial charge is 0.454 e. The van der Waals surface area contributed by atoms with Gasteiger partial charge in [0.25, 0.3) is 0 Å². The van der Waals surface area contributed by atoms with E-state index in [0.29, 0.717) is 6.32 Å². The Morgan fingerprint density at radius 2 is 2.20 bits per heavy atom. The molecule has 3 nitrogen and oxygen atoms in total. The van der Waals surface area contributed by atoms with E-state index in [9.17, 15) is 0 Å². The van der Waals surface area contributed by atoms with Crippen molar-refractivity contribution in [2.45, 2.75) is 31.7 Å². The van der Waals surface area contributed by atoms with Gasteiger partial charge in [0.2, 0.25) is 0 Å². The van der Waals surface area contributed by atoms with E-state index >= 15 is 0 Å². The highest BCUT2D eigenvalue weighted by Crippen LogP contribution is 2.16. The monoisotopic (exact) mass is 144 g/mol. The summed E-state index contributed by atoms with van der Waals surface area (Å²) in [4.78, 5) is 0. The van der Waals surface area contributed by atoms with Gasteiger partial charge in [-0.05, 0) is 19.3 Å². The molecule has 1 rings (SSSR count).